The SMILES string of the molecule is IC1[C]2CC3CC(C2)CC1C3. The van der Waals surface area contributed by atoms with E-state index in [1.54, 1.807) is 19.3 Å². The Kier molecular flexibility index (Phi) is 1.54. The summed E-state index contributed by atoms with van der Waals surface area (Å²) in [6.07, 6.45) is 7.70. The Bertz CT molecular complexity index is 148. The first kappa shape index (κ1) is 7.16. The summed E-state index contributed by atoms with van der Waals surface area (Å²) in [6, 6.07) is 0. The maximum absolute atomic E-state index is 2.69. The van der Waals surface area contributed by atoms with Crippen LogP contribution in [0.5, 0.6) is 0 Å². The van der Waals surface area contributed by atoms with Gasteiger partial charge < -0.3 is 0 Å². The molecule has 4 fully saturated rings. The molecule has 0 aromatic rings. The minimum Gasteiger partial charge on any atom is -0.0817 e. The van der Waals surface area contributed by atoms with Crippen LogP contribution >= 0.6 is 22.6 Å². The zero-order chi connectivity index (χ0) is 7.42. The smallest absolute Gasteiger partial charge is 0.0200 e. The van der Waals surface area contributed by atoms with Gasteiger partial charge in [-0.1, -0.05) is 22.6 Å². The molecular weight excluding hydrogens is 247 g/mol. The topological polar surface area (TPSA) is 0 Å². The fraction of sp³-hybridized carbons (Fsp3) is 0.900. The summed E-state index contributed by atoms with van der Waals surface area (Å²) in [6.45, 7) is 0. The highest BCUT2D eigenvalue weighted by Gasteiger charge is 2.47. The maximum Gasteiger partial charge on any atom is 0.0200 e. The number of hydrogen-bond donors (Lipinski definition) is 0. The molecule has 4 bridgehead atoms. The van der Waals surface area contributed by atoms with Gasteiger partial charge in [-0.05, 0) is 55.8 Å². The summed E-state index contributed by atoms with van der Waals surface area (Å²) in [5.74, 6) is 5.26. The van der Waals surface area contributed by atoms with Crippen LogP contribution in [-0.2, 0) is 0 Å². The minimum absolute atomic E-state index is 0.973. The molecule has 1 radical (unpaired) electrons. The average Bonchev–Trinajstić information content (AvgIpc) is 1.98. The lowest BCUT2D eigenvalue weighted by molar-refractivity contribution is 0.102. The maximum atomic E-state index is 2.69. The van der Waals surface area contributed by atoms with E-state index in [2.05, 4.69) is 22.6 Å². The second-order valence-corrected chi connectivity index (χ2v) is 6.01. The molecule has 3 atom stereocenters. The van der Waals surface area contributed by atoms with Crippen molar-refractivity contribution in [1.82, 2.24) is 0 Å². The quantitative estimate of drug-likeness (QED) is 0.464. The second kappa shape index (κ2) is 2.36. The van der Waals surface area contributed by atoms with E-state index in [0.717, 1.165) is 21.7 Å². The van der Waals surface area contributed by atoms with Crippen molar-refractivity contribution in [2.24, 2.45) is 17.8 Å². The van der Waals surface area contributed by atoms with Crippen LogP contribution in [0.1, 0.15) is 32.1 Å². The van der Waals surface area contributed by atoms with Gasteiger partial charge in [-0.2, -0.15) is 0 Å². The monoisotopic (exact) mass is 261 g/mol. The predicted molar refractivity (Wildman–Crippen MR) is 54.6 cm³/mol. The van der Waals surface area contributed by atoms with Crippen molar-refractivity contribution in [3.8, 4) is 0 Å². The molecule has 0 spiro atoms. The average molecular weight is 261 g/mol. The van der Waals surface area contributed by atoms with Crippen molar-refractivity contribution in [2.75, 3.05) is 0 Å². The molecule has 0 N–H and O–H groups in total. The normalized spacial score (nSPS) is 55.4. The van der Waals surface area contributed by atoms with E-state index in [9.17, 15) is 0 Å². The van der Waals surface area contributed by atoms with Gasteiger partial charge in [-0.15, -0.1) is 0 Å². The lowest BCUT2D eigenvalue weighted by Crippen LogP contribution is -2.44. The number of halogens is 1. The third-order valence-electron chi connectivity index (χ3n) is 3.84. The Morgan fingerprint density at radius 1 is 1.00 bits per heavy atom. The van der Waals surface area contributed by atoms with Crippen LogP contribution < -0.4 is 0 Å². The van der Waals surface area contributed by atoms with Gasteiger partial charge in [0.05, 0.1) is 0 Å². The third kappa shape index (κ3) is 0.991. The van der Waals surface area contributed by atoms with Crippen LogP contribution in [0.3, 0.4) is 0 Å². The number of rotatable bonds is 0. The molecule has 4 saturated carbocycles. The summed E-state index contributed by atoms with van der Waals surface area (Å²) < 4.78 is 0.973. The highest BCUT2D eigenvalue weighted by molar-refractivity contribution is 14.1. The summed E-state index contributed by atoms with van der Waals surface area (Å²) in [5.41, 5.74) is 0. The first-order chi connectivity index (χ1) is 5.33. The highest BCUT2D eigenvalue weighted by Crippen LogP contribution is 2.56. The van der Waals surface area contributed by atoms with Gasteiger partial charge in [0.1, 0.15) is 0 Å². The van der Waals surface area contributed by atoms with Crippen molar-refractivity contribution < 1.29 is 0 Å². The molecule has 11 heavy (non-hydrogen) atoms. The summed E-state index contributed by atoms with van der Waals surface area (Å²) in [7, 11) is 0. The molecule has 4 aliphatic rings. The molecule has 1 heteroatoms. The highest BCUT2D eigenvalue weighted by atomic mass is 127. The largest absolute Gasteiger partial charge is 0.0817 e. The van der Waals surface area contributed by atoms with E-state index in [0.29, 0.717) is 0 Å². The Hall–Kier alpha value is 0.730. The summed E-state index contributed by atoms with van der Waals surface area (Å²) in [4.78, 5) is 0. The Labute approximate surface area is 82.3 Å². The summed E-state index contributed by atoms with van der Waals surface area (Å²) >= 11 is 2.69. The standard InChI is InChI=1S/C10H14I/c11-10-8-2-6-1-7(4-8)5-9(10)3-6/h6-8,10H,1-5H2. The van der Waals surface area contributed by atoms with Crippen LogP contribution in [0.2, 0.25) is 0 Å². The minimum atomic E-state index is 0.973. The van der Waals surface area contributed by atoms with E-state index < -0.39 is 0 Å². The van der Waals surface area contributed by atoms with Crippen LogP contribution in [-0.4, -0.2) is 3.92 Å². The van der Waals surface area contributed by atoms with Gasteiger partial charge in [0, 0.05) is 3.92 Å². The van der Waals surface area contributed by atoms with Crippen molar-refractivity contribution in [1.29, 1.82) is 0 Å². The van der Waals surface area contributed by atoms with Gasteiger partial charge in [0.2, 0.25) is 0 Å². The van der Waals surface area contributed by atoms with Gasteiger partial charge in [0.15, 0.2) is 0 Å². The third-order valence-corrected chi connectivity index (χ3v) is 5.74. The van der Waals surface area contributed by atoms with Crippen LogP contribution in [0.15, 0.2) is 0 Å². The number of hydrogen-bond acceptors (Lipinski definition) is 0. The molecule has 4 rings (SSSR count). The zero-order valence-electron chi connectivity index (χ0n) is 6.72. The second-order valence-electron chi connectivity index (χ2n) is 4.67. The van der Waals surface area contributed by atoms with Crippen molar-refractivity contribution in [3.05, 3.63) is 5.92 Å². The Morgan fingerprint density at radius 3 is 2.18 bits per heavy atom. The molecule has 4 aliphatic carbocycles. The van der Waals surface area contributed by atoms with Crippen molar-refractivity contribution >= 4 is 22.6 Å². The molecule has 0 saturated heterocycles. The molecule has 3 unspecified atom stereocenters. The molecule has 0 amide bonds. The van der Waals surface area contributed by atoms with Gasteiger partial charge >= 0.3 is 0 Å². The molecule has 0 heterocycles. The van der Waals surface area contributed by atoms with Crippen molar-refractivity contribution in [2.45, 2.75) is 36.0 Å². The molecular formula is C10H14I. The lowest BCUT2D eigenvalue weighted by Gasteiger charge is -2.52. The first-order valence-electron chi connectivity index (χ1n) is 4.81. The van der Waals surface area contributed by atoms with Gasteiger partial charge in [0.25, 0.3) is 0 Å². The van der Waals surface area contributed by atoms with E-state index in [1.165, 1.54) is 12.8 Å². The molecule has 0 aromatic carbocycles. The zero-order valence-corrected chi connectivity index (χ0v) is 8.88. The van der Waals surface area contributed by atoms with E-state index in [1.807, 2.05) is 5.92 Å². The Balaban J connectivity index is 1.91. The fourth-order valence-corrected chi connectivity index (χ4v) is 4.67. The predicted octanol–water partition coefficient (Wildman–Crippen LogP) is 3.20. The van der Waals surface area contributed by atoms with E-state index in [4.69, 9.17) is 0 Å². The first-order valence-corrected chi connectivity index (χ1v) is 6.06. The van der Waals surface area contributed by atoms with Gasteiger partial charge in [-0.25, -0.2) is 0 Å². The van der Waals surface area contributed by atoms with Crippen molar-refractivity contribution in [3.63, 3.8) is 0 Å². The van der Waals surface area contributed by atoms with E-state index >= 15 is 0 Å². The summed E-state index contributed by atoms with van der Waals surface area (Å²) in [5, 5.41) is 0. The fourth-order valence-electron chi connectivity index (χ4n) is 3.57. The lowest BCUT2D eigenvalue weighted by atomic mass is 9.56. The van der Waals surface area contributed by atoms with Gasteiger partial charge in [-0.3, -0.25) is 0 Å². The Morgan fingerprint density at radius 2 is 1.64 bits per heavy atom. The van der Waals surface area contributed by atoms with Crippen LogP contribution in [0.4, 0.5) is 0 Å². The van der Waals surface area contributed by atoms with E-state index in [-0.39, 0.29) is 0 Å². The molecule has 0 aromatic heterocycles. The van der Waals surface area contributed by atoms with Crippen LogP contribution in [0, 0.1) is 23.7 Å². The molecule has 0 aliphatic heterocycles. The molecule has 0 nitrogen and oxygen atoms in total. The molecule has 61 valence electrons. The number of alkyl halides is 1. The van der Waals surface area contributed by atoms with Crippen LogP contribution in [0.25, 0.3) is 0 Å².